The minimum atomic E-state index is -3.56. The van der Waals surface area contributed by atoms with Crippen molar-refractivity contribution >= 4 is 10.1 Å². The molecule has 1 N–H and O–H groups in total. The Kier molecular flexibility index (Phi) is 8.22. The Bertz CT molecular complexity index is 997. The van der Waals surface area contributed by atoms with Gasteiger partial charge in [-0.2, -0.15) is 8.42 Å². The summed E-state index contributed by atoms with van der Waals surface area (Å²) in [5.41, 5.74) is 4.13. The van der Waals surface area contributed by atoms with Gasteiger partial charge in [0.15, 0.2) is 0 Å². The van der Waals surface area contributed by atoms with E-state index in [0.717, 1.165) is 36.6 Å². The average molecular weight is 461 g/mol. The lowest BCUT2D eigenvalue weighted by Crippen LogP contribution is -2.33. The molecule has 0 saturated carbocycles. The van der Waals surface area contributed by atoms with Gasteiger partial charge in [-0.15, -0.1) is 0 Å². The Morgan fingerprint density at radius 1 is 0.969 bits per heavy atom. The van der Waals surface area contributed by atoms with Gasteiger partial charge in [-0.3, -0.25) is 0 Å². The Balaban J connectivity index is 2.35. The van der Waals surface area contributed by atoms with Gasteiger partial charge in [0.2, 0.25) is 0 Å². The molecule has 2 aromatic carbocycles. The molecule has 4 nitrogen and oxygen atoms in total. The summed E-state index contributed by atoms with van der Waals surface area (Å²) in [5.74, 6) is 0.548. The second-order valence-corrected chi connectivity index (χ2v) is 11.8. The summed E-state index contributed by atoms with van der Waals surface area (Å²) >= 11 is 0. The van der Waals surface area contributed by atoms with Crippen molar-refractivity contribution in [3.63, 3.8) is 0 Å². The first-order valence-corrected chi connectivity index (χ1v) is 13.3. The molecule has 178 valence electrons. The zero-order valence-corrected chi connectivity index (χ0v) is 21.7. The van der Waals surface area contributed by atoms with Gasteiger partial charge in [-0.25, -0.2) is 0 Å². The summed E-state index contributed by atoms with van der Waals surface area (Å²) in [6, 6.07) is 14.5. The molecular weight excluding hydrogens is 420 g/mol. The topological polar surface area (TPSA) is 63.6 Å². The quantitative estimate of drug-likeness (QED) is 0.464. The number of hydrogen-bond donors (Lipinski definition) is 1. The SMILES string of the molecule is CCC(CC)(c1ccc(CC(C)C(O)C(C)(C)C)cc1)c1ccc(OS(C)(=O)=O)c(C)c1. The van der Waals surface area contributed by atoms with Crippen LogP contribution in [0.25, 0.3) is 0 Å². The van der Waals surface area contributed by atoms with E-state index in [4.69, 9.17) is 4.18 Å². The minimum Gasteiger partial charge on any atom is -0.392 e. The van der Waals surface area contributed by atoms with E-state index >= 15 is 0 Å². The molecule has 0 spiro atoms. The van der Waals surface area contributed by atoms with Gasteiger partial charge < -0.3 is 9.29 Å². The van der Waals surface area contributed by atoms with Crippen LogP contribution in [-0.4, -0.2) is 25.9 Å². The van der Waals surface area contributed by atoms with Crippen LogP contribution in [0.2, 0.25) is 0 Å². The molecule has 0 saturated heterocycles. The predicted molar refractivity (Wildman–Crippen MR) is 133 cm³/mol. The summed E-state index contributed by atoms with van der Waals surface area (Å²) in [6.07, 6.45) is 3.39. The molecule has 0 aliphatic heterocycles. The zero-order valence-electron chi connectivity index (χ0n) is 20.9. The maximum atomic E-state index is 11.5. The highest BCUT2D eigenvalue weighted by Crippen LogP contribution is 2.40. The molecule has 0 radical (unpaired) electrons. The van der Waals surface area contributed by atoms with Crippen LogP contribution in [0.4, 0.5) is 0 Å². The molecule has 2 aromatic rings. The number of rotatable bonds is 9. The van der Waals surface area contributed by atoms with Crippen molar-refractivity contribution in [2.75, 3.05) is 6.26 Å². The average Bonchev–Trinajstić information content (AvgIpc) is 2.70. The fourth-order valence-electron chi connectivity index (χ4n) is 4.73. The molecular formula is C27H40O4S. The smallest absolute Gasteiger partial charge is 0.306 e. The zero-order chi connectivity index (χ0) is 24.3. The van der Waals surface area contributed by atoms with Crippen LogP contribution < -0.4 is 4.18 Å². The first-order valence-electron chi connectivity index (χ1n) is 11.5. The Labute approximate surface area is 195 Å². The molecule has 0 aliphatic rings. The van der Waals surface area contributed by atoms with Crippen LogP contribution >= 0.6 is 0 Å². The molecule has 2 atom stereocenters. The molecule has 0 amide bonds. The summed E-state index contributed by atoms with van der Waals surface area (Å²) in [7, 11) is -3.56. The second-order valence-electron chi connectivity index (χ2n) is 10.2. The number of aliphatic hydroxyl groups excluding tert-OH is 1. The van der Waals surface area contributed by atoms with E-state index in [-0.39, 0.29) is 22.9 Å². The van der Waals surface area contributed by atoms with Crippen LogP contribution in [0.15, 0.2) is 42.5 Å². The van der Waals surface area contributed by atoms with Crippen LogP contribution in [0.5, 0.6) is 5.75 Å². The van der Waals surface area contributed by atoms with Gasteiger partial charge in [0, 0.05) is 5.41 Å². The third kappa shape index (κ3) is 6.14. The summed E-state index contributed by atoms with van der Waals surface area (Å²) in [6.45, 7) is 14.6. The Hall–Kier alpha value is -1.85. The van der Waals surface area contributed by atoms with Crippen molar-refractivity contribution in [1.82, 2.24) is 0 Å². The standard InChI is InChI=1S/C27H40O4S/c1-9-27(10-2,23-15-16-24(19(3)18-23)31-32(8,29)30)22-13-11-21(12-14-22)17-20(4)25(28)26(5,6)7/h11-16,18,20,25,28H,9-10,17H2,1-8H3. The second kappa shape index (κ2) is 9.96. The Morgan fingerprint density at radius 2 is 1.50 bits per heavy atom. The highest BCUT2D eigenvalue weighted by molar-refractivity contribution is 7.86. The van der Waals surface area contributed by atoms with Crippen molar-refractivity contribution < 1.29 is 17.7 Å². The van der Waals surface area contributed by atoms with Crippen molar-refractivity contribution in [2.24, 2.45) is 11.3 Å². The molecule has 0 bridgehead atoms. The highest BCUT2D eigenvalue weighted by atomic mass is 32.2. The third-order valence-electron chi connectivity index (χ3n) is 6.67. The van der Waals surface area contributed by atoms with Gasteiger partial charge >= 0.3 is 10.1 Å². The maximum absolute atomic E-state index is 11.5. The van der Waals surface area contributed by atoms with Crippen molar-refractivity contribution in [1.29, 1.82) is 0 Å². The molecule has 0 heterocycles. The van der Waals surface area contributed by atoms with E-state index in [1.165, 1.54) is 11.1 Å². The fraction of sp³-hybridized carbons (Fsp3) is 0.556. The summed E-state index contributed by atoms with van der Waals surface area (Å²) in [4.78, 5) is 0. The largest absolute Gasteiger partial charge is 0.392 e. The molecule has 0 fully saturated rings. The molecule has 0 aliphatic carbocycles. The van der Waals surface area contributed by atoms with E-state index in [0.29, 0.717) is 5.75 Å². The van der Waals surface area contributed by atoms with Gasteiger partial charge in [0.05, 0.1) is 12.4 Å². The fourth-order valence-corrected chi connectivity index (χ4v) is 5.25. The molecule has 2 rings (SSSR count). The monoisotopic (exact) mass is 460 g/mol. The minimum absolute atomic E-state index is 0.135. The first kappa shape index (κ1) is 26.4. The summed E-state index contributed by atoms with van der Waals surface area (Å²) in [5, 5.41) is 10.6. The van der Waals surface area contributed by atoms with E-state index in [2.05, 4.69) is 65.8 Å². The van der Waals surface area contributed by atoms with Gasteiger partial charge in [-0.05, 0) is 65.8 Å². The van der Waals surface area contributed by atoms with Crippen molar-refractivity contribution in [3.05, 3.63) is 64.7 Å². The van der Waals surface area contributed by atoms with Crippen molar-refractivity contribution in [3.8, 4) is 5.75 Å². The number of hydrogen-bond acceptors (Lipinski definition) is 4. The van der Waals surface area contributed by atoms with Gasteiger partial charge in [0.25, 0.3) is 0 Å². The molecule has 0 aromatic heterocycles. The summed E-state index contributed by atoms with van der Waals surface area (Å²) < 4.78 is 28.2. The van der Waals surface area contributed by atoms with Gasteiger partial charge in [-0.1, -0.05) is 77.9 Å². The normalized spacial score (nSPS) is 14.8. The van der Waals surface area contributed by atoms with E-state index in [9.17, 15) is 13.5 Å². The third-order valence-corrected chi connectivity index (χ3v) is 7.15. The number of aryl methyl sites for hydroxylation is 1. The van der Waals surface area contributed by atoms with E-state index in [1.807, 2.05) is 19.1 Å². The van der Waals surface area contributed by atoms with Crippen LogP contribution in [-0.2, 0) is 22.0 Å². The Morgan fingerprint density at radius 3 is 1.94 bits per heavy atom. The maximum Gasteiger partial charge on any atom is 0.306 e. The molecule has 2 unspecified atom stereocenters. The lowest BCUT2D eigenvalue weighted by Gasteiger charge is -2.34. The number of aliphatic hydroxyl groups is 1. The lowest BCUT2D eigenvalue weighted by molar-refractivity contribution is 0.0182. The van der Waals surface area contributed by atoms with E-state index < -0.39 is 10.1 Å². The van der Waals surface area contributed by atoms with Crippen molar-refractivity contribution in [2.45, 2.75) is 79.2 Å². The lowest BCUT2D eigenvalue weighted by atomic mass is 9.70. The predicted octanol–water partition coefficient (Wildman–Crippen LogP) is 6.03. The van der Waals surface area contributed by atoms with Crippen LogP contribution in [0, 0.1) is 18.3 Å². The first-order chi connectivity index (χ1) is 14.7. The highest BCUT2D eigenvalue weighted by Gasteiger charge is 2.32. The van der Waals surface area contributed by atoms with Gasteiger partial charge in [0.1, 0.15) is 5.75 Å². The van der Waals surface area contributed by atoms with Crippen LogP contribution in [0.1, 0.15) is 76.6 Å². The molecule has 32 heavy (non-hydrogen) atoms. The van der Waals surface area contributed by atoms with E-state index in [1.54, 1.807) is 6.07 Å². The molecule has 5 heteroatoms. The van der Waals surface area contributed by atoms with Crippen LogP contribution in [0.3, 0.4) is 0 Å². The number of benzene rings is 2.